The Morgan fingerprint density at radius 1 is 1.21 bits per heavy atom. The first-order valence-electron chi connectivity index (χ1n) is 6.19. The van der Waals surface area contributed by atoms with Gasteiger partial charge in [-0.05, 0) is 30.1 Å². The molecular formula is C15H15N3S. The van der Waals surface area contributed by atoms with Gasteiger partial charge in [-0.25, -0.2) is 4.98 Å². The second kappa shape index (κ2) is 5.38. The van der Waals surface area contributed by atoms with Crippen molar-refractivity contribution < 1.29 is 0 Å². The maximum Gasteiger partial charge on any atom is 0.0997 e. The van der Waals surface area contributed by atoms with Crippen LogP contribution in [0.4, 0.5) is 0 Å². The van der Waals surface area contributed by atoms with Crippen molar-refractivity contribution in [1.29, 1.82) is 0 Å². The lowest BCUT2D eigenvalue weighted by Gasteiger charge is -2.12. The molecule has 0 atom stereocenters. The molecule has 96 valence electrons. The summed E-state index contributed by atoms with van der Waals surface area (Å²) in [6, 6.07) is 12.6. The molecule has 2 heterocycles. The Hall–Kier alpha value is -1.91. The molecule has 0 saturated carbocycles. The molecule has 0 bridgehead atoms. The highest BCUT2D eigenvalue weighted by molar-refractivity contribution is 7.13. The summed E-state index contributed by atoms with van der Waals surface area (Å²) >= 11 is 1.73. The Morgan fingerprint density at radius 3 is 2.89 bits per heavy atom. The highest BCUT2D eigenvalue weighted by atomic mass is 32.1. The summed E-state index contributed by atoms with van der Waals surface area (Å²) in [6.07, 6.45) is 3.80. The molecule has 1 aromatic carbocycles. The second-order valence-electron chi connectivity index (χ2n) is 4.29. The fourth-order valence-corrected chi connectivity index (χ4v) is 2.91. The fraction of sp³-hybridized carbons (Fsp3) is 0.133. The van der Waals surface area contributed by atoms with Crippen molar-refractivity contribution in [3.05, 3.63) is 59.9 Å². The van der Waals surface area contributed by atoms with Gasteiger partial charge in [0.1, 0.15) is 0 Å². The third-order valence-corrected chi connectivity index (χ3v) is 3.92. The van der Waals surface area contributed by atoms with E-state index in [2.05, 4.69) is 56.6 Å². The van der Waals surface area contributed by atoms with Gasteiger partial charge in [-0.2, -0.15) is 0 Å². The maximum absolute atomic E-state index is 4.30. The van der Waals surface area contributed by atoms with Gasteiger partial charge in [0.2, 0.25) is 0 Å². The smallest absolute Gasteiger partial charge is 0.0997 e. The van der Waals surface area contributed by atoms with Crippen LogP contribution in [0.5, 0.6) is 0 Å². The van der Waals surface area contributed by atoms with Crippen molar-refractivity contribution in [3.63, 3.8) is 0 Å². The quantitative estimate of drug-likeness (QED) is 0.787. The number of hydrogen-bond donors (Lipinski definition) is 1. The maximum atomic E-state index is 4.30. The lowest BCUT2D eigenvalue weighted by Crippen LogP contribution is -2.09. The van der Waals surface area contributed by atoms with Gasteiger partial charge in [0.15, 0.2) is 0 Å². The van der Waals surface area contributed by atoms with Crippen LogP contribution >= 0.6 is 11.3 Å². The molecule has 0 spiro atoms. The topological polar surface area (TPSA) is 29.9 Å². The molecule has 19 heavy (non-hydrogen) atoms. The van der Waals surface area contributed by atoms with Crippen LogP contribution in [0.25, 0.3) is 16.3 Å². The van der Waals surface area contributed by atoms with Crippen molar-refractivity contribution >= 4 is 11.3 Å². The third kappa shape index (κ3) is 2.32. The Labute approximate surface area is 116 Å². The molecule has 0 radical (unpaired) electrons. The molecule has 0 aliphatic heterocycles. The summed E-state index contributed by atoms with van der Waals surface area (Å²) in [5, 5.41) is 5.30. The largest absolute Gasteiger partial charge is 0.316 e. The van der Waals surface area contributed by atoms with E-state index in [4.69, 9.17) is 0 Å². The SMILES string of the molecule is CNCc1ccccc1-n1cncc1-c1cccs1. The second-order valence-corrected chi connectivity index (χ2v) is 5.23. The first kappa shape index (κ1) is 12.1. The molecule has 0 unspecified atom stereocenters. The Balaban J connectivity index is 2.11. The summed E-state index contributed by atoms with van der Waals surface area (Å²) in [6.45, 7) is 0.845. The monoisotopic (exact) mass is 269 g/mol. The van der Waals surface area contributed by atoms with E-state index in [1.54, 1.807) is 11.3 Å². The molecule has 3 rings (SSSR count). The lowest BCUT2D eigenvalue weighted by atomic mass is 10.1. The molecule has 1 N–H and O–H groups in total. The van der Waals surface area contributed by atoms with Gasteiger partial charge in [-0.1, -0.05) is 24.3 Å². The van der Waals surface area contributed by atoms with Gasteiger partial charge in [-0.3, -0.25) is 4.57 Å². The third-order valence-electron chi connectivity index (χ3n) is 3.03. The van der Waals surface area contributed by atoms with Crippen LogP contribution in [0.1, 0.15) is 5.56 Å². The van der Waals surface area contributed by atoms with E-state index in [1.165, 1.54) is 16.1 Å². The number of hydrogen-bond acceptors (Lipinski definition) is 3. The predicted octanol–water partition coefficient (Wildman–Crippen LogP) is 3.32. The standard InChI is InChI=1S/C15H15N3S/c1-16-9-12-5-2-3-6-13(12)18-11-17-10-14(18)15-7-4-8-19-15/h2-8,10-11,16H,9H2,1H3. The first-order valence-corrected chi connectivity index (χ1v) is 7.07. The van der Waals surface area contributed by atoms with Crippen LogP contribution in [-0.4, -0.2) is 16.6 Å². The average Bonchev–Trinajstić information content (AvgIpc) is 3.10. The zero-order valence-corrected chi connectivity index (χ0v) is 11.5. The van der Waals surface area contributed by atoms with Crippen molar-refractivity contribution in [3.8, 4) is 16.3 Å². The van der Waals surface area contributed by atoms with Crippen LogP contribution in [0, 0.1) is 0 Å². The van der Waals surface area contributed by atoms with Crippen LogP contribution in [-0.2, 0) is 6.54 Å². The van der Waals surface area contributed by atoms with Crippen LogP contribution in [0.3, 0.4) is 0 Å². The van der Waals surface area contributed by atoms with E-state index < -0.39 is 0 Å². The zero-order chi connectivity index (χ0) is 13.1. The van der Waals surface area contributed by atoms with E-state index in [-0.39, 0.29) is 0 Å². The molecule has 0 saturated heterocycles. The molecule has 0 fully saturated rings. The van der Waals surface area contributed by atoms with Gasteiger partial charge in [0.25, 0.3) is 0 Å². The summed E-state index contributed by atoms with van der Waals surface area (Å²) < 4.78 is 2.15. The van der Waals surface area contributed by atoms with E-state index >= 15 is 0 Å². The number of thiophene rings is 1. The van der Waals surface area contributed by atoms with E-state index in [1.807, 2.05) is 19.6 Å². The molecule has 3 aromatic rings. The molecule has 0 amide bonds. The number of nitrogens with one attached hydrogen (secondary N) is 1. The number of para-hydroxylation sites is 1. The number of nitrogens with zero attached hydrogens (tertiary/aromatic N) is 2. The molecule has 0 aliphatic rings. The molecular weight excluding hydrogens is 254 g/mol. The Morgan fingerprint density at radius 2 is 2.11 bits per heavy atom. The van der Waals surface area contributed by atoms with Crippen molar-refractivity contribution in [2.24, 2.45) is 0 Å². The molecule has 0 aliphatic carbocycles. The highest BCUT2D eigenvalue weighted by Crippen LogP contribution is 2.27. The average molecular weight is 269 g/mol. The van der Waals surface area contributed by atoms with Crippen LogP contribution < -0.4 is 5.32 Å². The molecule has 4 heteroatoms. The number of aromatic nitrogens is 2. The van der Waals surface area contributed by atoms with E-state index in [9.17, 15) is 0 Å². The zero-order valence-electron chi connectivity index (χ0n) is 10.7. The highest BCUT2D eigenvalue weighted by Gasteiger charge is 2.10. The minimum atomic E-state index is 0.845. The summed E-state index contributed by atoms with van der Waals surface area (Å²) in [5.41, 5.74) is 3.58. The van der Waals surface area contributed by atoms with Gasteiger partial charge >= 0.3 is 0 Å². The van der Waals surface area contributed by atoms with Crippen LogP contribution in [0.15, 0.2) is 54.3 Å². The van der Waals surface area contributed by atoms with Gasteiger partial charge in [0, 0.05) is 6.54 Å². The minimum absolute atomic E-state index is 0.845. The number of rotatable bonds is 4. The van der Waals surface area contributed by atoms with Gasteiger partial charge in [0.05, 0.1) is 28.8 Å². The molecule has 3 nitrogen and oxygen atoms in total. The van der Waals surface area contributed by atoms with Gasteiger partial charge in [-0.15, -0.1) is 11.3 Å². The lowest BCUT2D eigenvalue weighted by molar-refractivity contribution is 0.808. The Kier molecular flexibility index (Phi) is 3.44. The summed E-state index contributed by atoms with van der Waals surface area (Å²) in [5.74, 6) is 0. The van der Waals surface area contributed by atoms with Crippen LogP contribution in [0.2, 0.25) is 0 Å². The van der Waals surface area contributed by atoms with Crippen molar-refractivity contribution in [1.82, 2.24) is 14.9 Å². The number of imidazole rings is 1. The predicted molar refractivity (Wildman–Crippen MR) is 79.6 cm³/mol. The number of benzene rings is 1. The van der Waals surface area contributed by atoms with Crippen molar-refractivity contribution in [2.45, 2.75) is 6.54 Å². The fourth-order valence-electron chi connectivity index (χ4n) is 2.18. The van der Waals surface area contributed by atoms with Crippen molar-refractivity contribution in [2.75, 3.05) is 7.05 Å². The first-order chi connectivity index (χ1) is 9.40. The summed E-state index contributed by atoms with van der Waals surface area (Å²) in [7, 11) is 1.96. The normalized spacial score (nSPS) is 10.8. The van der Waals surface area contributed by atoms with E-state index in [0.29, 0.717) is 0 Å². The van der Waals surface area contributed by atoms with E-state index in [0.717, 1.165) is 12.2 Å². The Bertz CT molecular complexity index is 656. The molecule has 2 aromatic heterocycles. The minimum Gasteiger partial charge on any atom is -0.316 e. The van der Waals surface area contributed by atoms with Gasteiger partial charge < -0.3 is 5.32 Å². The summed E-state index contributed by atoms with van der Waals surface area (Å²) in [4.78, 5) is 5.54.